The van der Waals surface area contributed by atoms with Crippen LogP contribution in [0, 0.1) is 0 Å². The molecule has 6 heteroatoms. The first kappa shape index (κ1) is 13.7. The largest absolute Gasteiger partial charge is 0.464 e. The Morgan fingerprint density at radius 1 is 1.47 bits per heavy atom. The van der Waals surface area contributed by atoms with Crippen molar-refractivity contribution in [2.75, 3.05) is 32.9 Å². The Balaban J connectivity index is 1.86. The monoisotopic (exact) mass is 241 g/mol. The van der Waals surface area contributed by atoms with Gasteiger partial charge in [-0.3, -0.25) is 0 Å². The van der Waals surface area contributed by atoms with E-state index in [1.807, 2.05) is 10.8 Å². The fraction of sp³-hybridized carbons (Fsp3) is 0.636. The smallest absolute Gasteiger partial charge is 0.332 e. The van der Waals surface area contributed by atoms with Crippen LogP contribution in [0.3, 0.4) is 0 Å². The summed E-state index contributed by atoms with van der Waals surface area (Å²) in [6.07, 6.45) is 5.44. The molecule has 1 aromatic rings. The number of imidazole rings is 1. The van der Waals surface area contributed by atoms with Gasteiger partial charge in [-0.05, 0) is 6.92 Å². The molecule has 0 unspecified atom stereocenters. The maximum absolute atomic E-state index is 10.9. The van der Waals surface area contributed by atoms with E-state index in [1.165, 1.54) is 0 Å². The predicted molar refractivity (Wildman–Crippen MR) is 62.5 cm³/mol. The van der Waals surface area contributed by atoms with E-state index >= 15 is 0 Å². The maximum Gasteiger partial charge on any atom is 0.332 e. The van der Waals surface area contributed by atoms with Gasteiger partial charge >= 0.3 is 5.97 Å². The average Bonchev–Trinajstić information content (AvgIpc) is 2.81. The second-order valence-corrected chi connectivity index (χ2v) is 3.41. The highest BCUT2D eigenvalue weighted by molar-refractivity contribution is 5.70. The molecule has 0 aliphatic rings. The van der Waals surface area contributed by atoms with E-state index < -0.39 is 0 Å². The van der Waals surface area contributed by atoms with Gasteiger partial charge in [0.25, 0.3) is 0 Å². The topological polar surface area (TPSA) is 65.4 Å². The molecule has 0 atom stereocenters. The molecule has 1 aromatic heterocycles. The Hall–Kier alpha value is -1.40. The lowest BCUT2D eigenvalue weighted by atomic mass is 10.5. The van der Waals surface area contributed by atoms with Crippen molar-refractivity contribution in [3.8, 4) is 0 Å². The number of rotatable bonds is 9. The van der Waals surface area contributed by atoms with E-state index in [0.29, 0.717) is 19.8 Å². The Labute approximate surface area is 101 Å². The summed E-state index contributed by atoms with van der Waals surface area (Å²) in [5.74, 6) is -0.314. The van der Waals surface area contributed by atoms with Crippen molar-refractivity contribution >= 4 is 5.97 Å². The van der Waals surface area contributed by atoms with Gasteiger partial charge in [0.1, 0.15) is 6.61 Å². The number of hydrogen-bond acceptors (Lipinski definition) is 5. The van der Waals surface area contributed by atoms with Crippen molar-refractivity contribution in [1.29, 1.82) is 0 Å². The van der Waals surface area contributed by atoms with Gasteiger partial charge in [-0.2, -0.15) is 0 Å². The van der Waals surface area contributed by atoms with Crippen molar-refractivity contribution in [3.05, 3.63) is 18.7 Å². The fourth-order valence-electron chi connectivity index (χ4n) is 1.25. The zero-order valence-corrected chi connectivity index (χ0v) is 10.1. The van der Waals surface area contributed by atoms with Crippen molar-refractivity contribution in [2.45, 2.75) is 13.5 Å². The number of hydrogen-bond donors (Lipinski definition) is 1. The zero-order valence-electron chi connectivity index (χ0n) is 10.1. The van der Waals surface area contributed by atoms with Crippen molar-refractivity contribution in [3.63, 3.8) is 0 Å². The molecular weight excluding hydrogens is 222 g/mol. The summed E-state index contributed by atoms with van der Waals surface area (Å²) < 4.78 is 11.8. The van der Waals surface area contributed by atoms with Gasteiger partial charge in [0, 0.05) is 32.0 Å². The lowest BCUT2D eigenvalue weighted by molar-refractivity contribution is -0.148. The molecular formula is C11H19N3O3. The molecule has 1 N–H and O–H groups in total. The Kier molecular flexibility index (Phi) is 7.01. The van der Waals surface area contributed by atoms with E-state index in [9.17, 15) is 4.79 Å². The Morgan fingerprint density at radius 3 is 3.06 bits per heavy atom. The molecule has 0 spiro atoms. The second-order valence-electron chi connectivity index (χ2n) is 3.41. The minimum absolute atomic E-state index is 0.0248. The van der Waals surface area contributed by atoms with Crippen LogP contribution >= 0.6 is 0 Å². The quantitative estimate of drug-likeness (QED) is 0.489. The van der Waals surface area contributed by atoms with Crippen LogP contribution in [0.4, 0.5) is 0 Å². The standard InChI is InChI=1S/C11H19N3O3/c1-2-17-11(15)9-16-8-5-12-3-6-14-7-4-13-10-14/h4,7,10,12H,2-3,5-6,8-9H2,1H3. The van der Waals surface area contributed by atoms with Crippen LogP contribution in [0.15, 0.2) is 18.7 Å². The molecule has 0 saturated carbocycles. The third-order valence-electron chi connectivity index (χ3n) is 2.05. The van der Waals surface area contributed by atoms with E-state index in [4.69, 9.17) is 9.47 Å². The van der Waals surface area contributed by atoms with Crippen LogP contribution in [-0.2, 0) is 20.8 Å². The first-order chi connectivity index (χ1) is 8.33. The summed E-state index contributed by atoms with van der Waals surface area (Å²) in [6.45, 7) is 5.13. The number of carbonyl (C=O) groups is 1. The normalized spacial score (nSPS) is 10.4. The van der Waals surface area contributed by atoms with Gasteiger partial charge in [0.05, 0.1) is 19.5 Å². The van der Waals surface area contributed by atoms with Gasteiger partial charge in [0.2, 0.25) is 0 Å². The van der Waals surface area contributed by atoms with Crippen LogP contribution in [0.1, 0.15) is 6.92 Å². The molecule has 0 aromatic carbocycles. The summed E-state index contributed by atoms with van der Waals surface area (Å²) in [5.41, 5.74) is 0. The molecule has 1 heterocycles. The number of aromatic nitrogens is 2. The summed E-state index contributed by atoms with van der Waals surface area (Å²) in [4.78, 5) is 14.9. The number of esters is 1. The van der Waals surface area contributed by atoms with Gasteiger partial charge in [-0.25, -0.2) is 9.78 Å². The van der Waals surface area contributed by atoms with E-state index in [-0.39, 0.29) is 12.6 Å². The van der Waals surface area contributed by atoms with Crippen LogP contribution < -0.4 is 5.32 Å². The van der Waals surface area contributed by atoms with Gasteiger partial charge in [-0.15, -0.1) is 0 Å². The highest BCUT2D eigenvalue weighted by Crippen LogP contribution is 1.84. The van der Waals surface area contributed by atoms with E-state index in [0.717, 1.165) is 13.1 Å². The summed E-state index contributed by atoms with van der Waals surface area (Å²) in [7, 11) is 0. The minimum Gasteiger partial charge on any atom is -0.464 e. The lowest BCUT2D eigenvalue weighted by Crippen LogP contribution is -2.25. The van der Waals surface area contributed by atoms with Crippen molar-refractivity contribution in [2.24, 2.45) is 0 Å². The van der Waals surface area contributed by atoms with E-state index in [1.54, 1.807) is 19.4 Å². The molecule has 0 radical (unpaired) electrons. The van der Waals surface area contributed by atoms with E-state index in [2.05, 4.69) is 10.3 Å². The second kappa shape index (κ2) is 8.72. The Bertz CT molecular complexity index is 301. The van der Waals surface area contributed by atoms with Crippen molar-refractivity contribution in [1.82, 2.24) is 14.9 Å². The molecule has 0 bridgehead atoms. The van der Waals surface area contributed by atoms with Crippen LogP contribution in [0.2, 0.25) is 0 Å². The average molecular weight is 241 g/mol. The number of carbonyl (C=O) groups excluding carboxylic acids is 1. The number of nitrogens with zero attached hydrogens (tertiary/aromatic N) is 2. The third kappa shape index (κ3) is 6.70. The maximum atomic E-state index is 10.9. The van der Waals surface area contributed by atoms with Gasteiger partial charge < -0.3 is 19.4 Å². The van der Waals surface area contributed by atoms with Gasteiger partial charge in [0.15, 0.2) is 0 Å². The molecule has 1 rings (SSSR count). The molecule has 0 aliphatic heterocycles. The summed E-state index contributed by atoms with van der Waals surface area (Å²) >= 11 is 0. The van der Waals surface area contributed by atoms with Crippen LogP contribution in [0.5, 0.6) is 0 Å². The molecule has 0 aliphatic carbocycles. The van der Waals surface area contributed by atoms with Gasteiger partial charge in [-0.1, -0.05) is 0 Å². The molecule has 17 heavy (non-hydrogen) atoms. The van der Waals surface area contributed by atoms with Crippen LogP contribution in [-0.4, -0.2) is 48.4 Å². The third-order valence-corrected chi connectivity index (χ3v) is 2.05. The first-order valence-corrected chi connectivity index (χ1v) is 5.72. The SMILES string of the molecule is CCOC(=O)COCCNCCn1ccnc1. The highest BCUT2D eigenvalue weighted by Gasteiger charge is 2.00. The summed E-state index contributed by atoms with van der Waals surface area (Å²) in [6, 6.07) is 0. The summed E-state index contributed by atoms with van der Waals surface area (Å²) in [5, 5.41) is 3.20. The number of ether oxygens (including phenoxy) is 2. The Morgan fingerprint density at radius 2 is 2.35 bits per heavy atom. The first-order valence-electron chi connectivity index (χ1n) is 5.72. The molecule has 6 nitrogen and oxygen atoms in total. The molecule has 0 saturated heterocycles. The minimum atomic E-state index is -0.314. The highest BCUT2D eigenvalue weighted by atomic mass is 16.6. The number of nitrogens with one attached hydrogen (secondary N) is 1. The molecule has 0 amide bonds. The van der Waals surface area contributed by atoms with Crippen molar-refractivity contribution < 1.29 is 14.3 Å². The fourth-order valence-corrected chi connectivity index (χ4v) is 1.25. The zero-order chi connectivity index (χ0) is 12.3. The predicted octanol–water partition coefficient (Wildman–Crippen LogP) is 0.0524. The lowest BCUT2D eigenvalue weighted by Gasteiger charge is -2.06. The van der Waals surface area contributed by atoms with Crippen LogP contribution in [0.25, 0.3) is 0 Å². The molecule has 0 fully saturated rings. The molecule has 96 valence electrons.